The monoisotopic (exact) mass is 456 g/mol. The van der Waals surface area contributed by atoms with Crippen molar-refractivity contribution in [3.8, 4) is 17.3 Å². The molecule has 2 aromatic rings. The van der Waals surface area contributed by atoms with Crippen molar-refractivity contribution in [2.24, 2.45) is 7.05 Å². The molecular formula is C16H17F5N4O4S. The van der Waals surface area contributed by atoms with Crippen LogP contribution in [-0.2, 0) is 16.9 Å². The van der Waals surface area contributed by atoms with Gasteiger partial charge in [-0.05, 0) is 12.1 Å². The molecule has 0 fully saturated rings. The lowest BCUT2D eigenvalue weighted by Crippen LogP contribution is -2.42. The van der Waals surface area contributed by atoms with E-state index >= 15 is 0 Å². The number of hydrogen-bond donors (Lipinski definition) is 1. The summed E-state index contributed by atoms with van der Waals surface area (Å²) < 4.78 is 92.7. The molecule has 2 aromatic heterocycles. The van der Waals surface area contributed by atoms with Gasteiger partial charge < -0.3 is 10.1 Å². The molecule has 14 heteroatoms. The minimum absolute atomic E-state index is 0.199. The Hall–Kier alpha value is -2.77. The normalized spacial score (nSPS) is 12.7. The summed E-state index contributed by atoms with van der Waals surface area (Å²) in [6.07, 6.45) is -5.22. The smallest absolute Gasteiger partial charge is 0.456 e. The third-order valence-corrected chi connectivity index (χ3v) is 5.76. The average Bonchev–Trinajstić information content (AvgIpc) is 2.67. The largest absolute Gasteiger partial charge is 0.480 e. The minimum Gasteiger partial charge on any atom is -0.480 e. The summed E-state index contributed by atoms with van der Waals surface area (Å²) in [7, 11) is -1.15. The van der Waals surface area contributed by atoms with Gasteiger partial charge in [-0.25, -0.2) is 18.4 Å². The van der Waals surface area contributed by atoms with Crippen LogP contribution in [0.5, 0.6) is 5.75 Å². The van der Waals surface area contributed by atoms with Gasteiger partial charge in [0.2, 0.25) is 5.75 Å². The molecule has 2 rings (SSSR count). The Labute approximate surface area is 167 Å². The van der Waals surface area contributed by atoms with Crippen molar-refractivity contribution in [2.45, 2.75) is 23.9 Å². The topological polar surface area (TPSA) is 103 Å². The first-order chi connectivity index (χ1) is 13.7. The van der Waals surface area contributed by atoms with Crippen molar-refractivity contribution in [1.29, 1.82) is 0 Å². The van der Waals surface area contributed by atoms with Crippen molar-refractivity contribution < 1.29 is 35.1 Å². The lowest BCUT2D eigenvalue weighted by atomic mass is 10.3. The molecule has 30 heavy (non-hydrogen) atoms. The molecule has 8 nitrogen and oxygen atoms in total. The zero-order valence-electron chi connectivity index (χ0n) is 15.9. The van der Waals surface area contributed by atoms with Crippen LogP contribution in [0.1, 0.15) is 6.92 Å². The van der Waals surface area contributed by atoms with Gasteiger partial charge in [-0.2, -0.15) is 22.0 Å². The lowest BCUT2D eigenvalue weighted by Gasteiger charge is -2.20. The van der Waals surface area contributed by atoms with Crippen LogP contribution in [-0.4, -0.2) is 54.5 Å². The fourth-order valence-electron chi connectivity index (χ4n) is 2.24. The van der Waals surface area contributed by atoms with Crippen LogP contribution >= 0.6 is 0 Å². The number of pyridine rings is 1. The molecule has 0 saturated heterocycles. The summed E-state index contributed by atoms with van der Waals surface area (Å²) in [5, 5.41) is 2.69. The van der Waals surface area contributed by atoms with Gasteiger partial charge in [-0.15, -0.1) is 0 Å². The molecule has 166 valence electrons. The summed E-state index contributed by atoms with van der Waals surface area (Å²) in [5.41, 5.74) is -1.30. The zero-order valence-corrected chi connectivity index (χ0v) is 16.7. The van der Waals surface area contributed by atoms with E-state index in [2.05, 4.69) is 20.0 Å². The second-order valence-corrected chi connectivity index (χ2v) is 8.24. The maximum Gasteiger partial charge on any atom is 0.456 e. The maximum absolute atomic E-state index is 13.0. The molecule has 1 N–H and O–H groups in total. The third kappa shape index (κ3) is 4.52. The Morgan fingerprint density at radius 3 is 2.37 bits per heavy atom. The summed E-state index contributed by atoms with van der Waals surface area (Å²) in [6, 6.07) is 2.65. The van der Waals surface area contributed by atoms with E-state index in [0.29, 0.717) is 6.20 Å². The fourth-order valence-corrected chi connectivity index (χ4v) is 3.26. The average molecular weight is 456 g/mol. The predicted octanol–water partition coefficient (Wildman–Crippen LogP) is 2.25. The number of sulfone groups is 1. The van der Waals surface area contributed by atoms with Gasteiger partial charge in [0, 0.05) is 14.1 Å². The molecular weight excluding hydrogens is 439 g/mol. The lowest BCUT2D eigenvalue weighted by molar-refractivity contribution is -0.290. The SMILES string of the molecule is CCS(=O)(=O)c1ccc(NC)nc1-c1ncc(OCC(F)(F)C(F)(F)F)c(=O)n1C. The molecule has 0 saturated carbocycles. The quantitative estimate of drug-likeness (QED) is 0.638. The van der Waals surface area contributed by atoms with E-state index in [1.807, 2.05) is 0 Å². The number of aromatic nitrogens is 3. The number of rotatable bonds is 7. The first-order valence-electron chi connectivity index (χ1n) is 8.30. The predicted molar refractivity (Wildman–Crippen MR) is 96.5 cm³/mol. The summed E-state index contributed by atoms with van der Waals surface area (Å²) in [6.45, 7) is -0.717. The number of anilines is 1. The van der Waals surface area contributed by atoms with Crippen LogP contribution in [0.4, 0.5) is 27.8 Å². The van der Waals surface area contributed by atoms with Gasteiger partial charge in [-0.1, -0.05) is 6.92 Å². The van der Waals surface area contributed by atoms with E-state index in [1.54, 1.807) is 0 Å². The molecule has 0 radical (unpaired) electrons. The Kier molecular flexibility index (Phi) is 6.40. The van der Waals surface area contributed by atoms with E-state index in [9.17, 15) is 35.2 Å². The van der Waals surface area contributed by atoms with Gasteiger partial charge in [0.05, 0.1) is 16.8 Å². The van der Waals surface area contributed by atoms with Crippen LogP contribution in [0.2, 0.25) is 0 Å². The molecule has 0 unspecified atom stereocenters. The highest BCUT2D eigenvalue weighted by molar-refractivity contribution is 7.91. The van der Waals surface area contributed by atoms with Crippen LogP contribution < -0.4 is 15.6 Å². The Morgan fingerprint density at radius 2 is 1.83 bits per heavy atom. The highest BCUT2D eigenvalue weighted by Crippen LogP contribution is 2.35. The summed E-state index contributed by atoms with van der Waals surface area (Å²) in [4.78, 5) is 20.1. The number of hydrogen-bond acceptors (Lipinski definition) is 7. The molecule has 0 spiro atoms. The van der Waals surface area contributed by atoms with E-state index in [1.165, 1.54) is 26.1 Å². The Balaban J connectivity index is 2.54. The van der Waals surface area contributed by atoms with Crippen LogP contribution in [0.25, 0.3) is 11.5 Å². The first-order valence-corrected chi connectivity index (χ1v) is 9.95. The molecule has 0 amide bonds. The maximum atomic E-state index is 13.0. The number of nitrogens with zero attached hydrogens (tertiary/aromatic N) is 3. The van der Waals surface area contributed by atoms with Gasteiger partial charge in [0.1, 0.15) is 11.5 Å². The zero-order chi connectivity index (χ0) is 22.9. The van der Waals surface area contributed by atoms with E-state index in [4.69, 9.17) is 0 Å². The number of halogens is 5. The van der Waals surface area contributed by atoms with Gasteiger partial charge in [0.15, 0.2) is 22.3 Å². The molecule has 0 aliphatic carbocycles. The van der Waals surface area contributed by atoms with Crippen molar-refractivity contribution in [2.75, 3.05) is 24.7 Å². The van der Waals surface area contributed by atoms with E-state index in [-0.39, 0.29) is 28.0 Å². The molecule has 0 aliphatic rings. The highest BCUT2D eigenvalue weighted by Gasteiger charge is 2.58. The van der Waals surface area contributed by atoms with Crippen LogP contribution in [0, 0.1) is 0 Å². The third-order valence-electron chi connectivity index (χ3n) is 4.00. The van der Waals surface area contributed by atoms with Crippen LogP contribution in [0.15, 0.2) is 28.0 Å². The molecule has 0 atom stereocenters. The van der Waals surface area contributed by atoms with Crippen molar-refractivity contribution >= 4 is 15.7 Å². The Bertz CT molecular complexity index is 1100. The molecule has 0 aliphatic heterocycles. The first kappa shape index (κ1) is 23.5. The van der Waals surface area contributed by atoms with Crippen molar-refractivity contribution in [3.05, 3.63) is 28.7 Å². The van der Waals surface area contributed by atoms with Gasteiger partial charge >= 0.3 is 12.1 Å². The summed E-state index contributed by atoms with van der Waals surface area (Å²) >= 11 is 0. The second kappa shape index (κ2) is 8.16. The van der Waals surface area contributed by atoms with Gasteiger partial charge in [0.25, 0.3) is 5.56 Å². The standard InChI is InChI=1S/C16H17F5N4O4S/c1-4-30(27,28)10-5-6-11(22-2)24-12(10)13-23-7-9(14(26)25(13)3)29-8-15(17,18)16(19,20)21/h5-7H,4,8H2,1-3H3,(H,22,24). The second-order valence-electron chi connectivity index (χ2n) is 6.00. The number of alkyl halides is 5. The summed E-state index contributed by atoms with van der Waals surface area (Å²) in [5.74, 6) is -6.32. The van der Waals surface area contributed by atoms with Crippen molar-refractivity contribution in [1.82, 2.24) is 14.5 Å². The number of nitrogens with one attached hydrogen (secondary N) is 1. The molecule has 0 aromatic carbocycles. The number of ether oxygens (including phenoxy) is 1. The minimum atomic E-state index is -5.85. The van der Waals surface area contributed by atoms with E-state index in [0.717, 1.165) is 11.6 Å². The highest BCUT2D eigenvalue weighted by atomic mass is 32.2. The molecule has 0 bridgehead atoms. The van der Waals surface area contributed by atoms with Crippen molar-refractivity contribution in [3.63, 3.8) is 0 Å². The van der Waals surface area contributed by atoms with Crippen LogP contribution in [0.3, 0.4) is 0 Å². The Morgan fingerprint density at radius 1 is 1.20 bits per heavy atom. The molecule has 2 heterocycles. The fraction of sp³-hybridized carbons (Fsp3) is 0.438. The van der Waals surface area contributed by atoms with E-state index < -0.39 is 39.9 Å². The van der Waals surface area contributed by atoms with Gasteiger partial charge in [-0.3, -0.25) is 9.36 Å².